The Kier molecular flexibility index (Phi) is 4.54. The molecule has 1 amide bonds. The summed E-state index contributed by atoms with van der Waals surface area (Å²) in [6, 6.07) is 6.02. The molecule has 2 aromatic rings. The Labute approximate surface area is 129 Å². The summed E-state index contributed by atoms with van der Waals surface area (Å²) in [4.78, 5) is 13.1. The Balaban J connectivity index is 2.33. The maximum atomic E-state index is 12.5. The Bertz CT molecular complexity index is 666. The van der Waals surface area contributed by atoms with Gasteiger partial charge in [-0.1, -0.05) is 18.6 Å². The maximum Gasteiger partial charge on any atom is 0.263 e. The van der Waals surface area contributed by atoms with Crippen molar-refractivity contribution >= 4 is 33.0 Å². The molecule has 4 nitrogen and oxygen atoms in total. The van der Waals surface area contributed by atoms with Crippen molar-refractivity contribution in [2.75, 3.05) is 12.3 Å². The van der Waals surface area contributed by atoms with Gasteiger partial charge in [-0.3, -0.25) is 4.79 Å². The van der Waals surface area contributed by atoms with Gasteiger partial charge in [0.05, 0.1) is 5.69 Å². The van der Waals surface area contributed by atoms with E-state index in [0.29, 0.717) is 17.0 Å². The van der Waals surface area contributed by atoms with Gasteiger partial charge in [0, 0.05) is 22.2 Å². The van der Waals surface area contributed by atoms with Gasteiger partial charge in [0.25, 0.3) is 5.91 Å². The normalized spacial score (nSPS) is 14.1. The highest BCUT2D eigenvalue weighted by Crippen LogP contribution is 2.34. The predicted octanol–water partition coefficient (Wildman–Crippen LogP) is 3.07. The van der Waals surface area contributed by atoms with Gasteiger partial charge in [-0.2, -0.15) is 0 Å². The average molecular weight is 306 g/mol. The van der Waals surface area contributed by atoms with Crippen molar-refractivity contribution in [2.24, 2.45) is 0 Å². The van der Waals surface area contributed by atoms with Crippen LogP contribution in [0.1, 0.15) is 41.9 Å². The molecule has 21 heavy (non-hydrogen) atoms. The number of thiophene rings is 1. The Morgan fingerprint density at radius 1 is 1.48 bits per heavy atom. The van der Waals surface area contributed by atoms with Crippen LogP contribution in [0.5, 0.6) is 0 Å². The van der Waals surface area contributed by atoms with E-state index in [2.05, 4.69) is 5.32 Å². The first-order chi connectivity index (χ1) is 9.90. The summed E-state index contributed by atoms with van der Waals surface area (Å²) in [6.07, 6.45) is 1.28. The van der Waals surface area contributed by atoms with Crippen molar-refractivity contribution in [3.63, 3.8) is 0 Å². The van der Waals surface area contributed by atoms with E-state index in [9.17, 15) is 4.79 Å². The summed E-state index contributed by atoms with van der Waals surface area (Å²) in [5.74, 6) is -0.163. The minimum absolute atomic E-state index is 0.0473. The Morgan fingerprint density at radius 3 is 2.81 bits per heavy atom. The number of nitrogens with one attached hydrogen (secondary N) is 1. The molecule has 1 atom stereocenters. The van der Waals surface area contributed by atoms with Crippen LogP contribution in [0.4, 0.5) is 5.69 Å². The van der Waals surface area contributed by atoms with E-state index in [0.717, 1.165) is 22.1 Å². The second-order valence-electron chi connectivity index (χ2n) is 5.69. The molecule has 5 heteroatoms. The van der Waals surface area contributed by atoms with Gasteiger partial charge >= 0.3 is 0 Å². The van der Waals surface area contributed by atoms with Gasteiger partial charge in [0.15, 0.2) is 0 Å². The molecule has 1 aromatic heterocycles. The molecule has 0 radical (unpaired) electrons. The molecule has 2 rings (SSSR count). The van der Waals surface area contributed by atoms with Crippen molar-refractivity contribution in [3.8, 4) is 0 Å². The monoisotopic (exact) mass is 306 g/mol. The molecule has 1 aromatic carbocycles. The van der Waals surface area contributed by atoms with Crippen LogP contribution in [0.25, 0.3) is 10.1 Å². The topological polar surface area (TPSA) is 75.3 Å². The number of carbonyl (C=O) groups excluding carboxylic acids is 1. The molecule has 114 valence electrons. The number of anilines is 1. The van der Waals surface area contributed by atoms with E-state index in [1.54, 1.807) is 0 Å². The zero-order valence-electron chi connectivity index (χ0n) is 12.7. The number of rotatable bonds is 5. The first kappa shape index (κ1) is 15.8. The van der Waals surface area contributed by atoms with Gasteiger partial charge in [0.2, 0.25) is 0 Å². The van der Waals surface area contributed by atoms with Crippen molar-refractivity contribution in [1.29, 1.82) is 0 Å². The van der Waals surface area contributed by atoms with Crippen molar-refractivity contribution in [2.45, 2.75) is 39.2 Å². The number of aliphatic hydroxyl groups is 1. The second kappa shape index (κ2) is 6.03. The van der Waals surface area contributed by atoms with Gasteiger partial charge in [0.1, 0.15) is 4.88 Å². The number of aliphatic hydroxyl groups excluding tert-OH is 1. The smallest absolute Gasteiger partial charge is 0.263 e. The molecular weight excluding hydrogens is 284 g/mol. The fourth-order valence-electron chi connectivity index (χ4n) is 2.30. The SMILES string of the molecule is CCC(C)(CCO)NC(=O)c1sc2ccc(C)cc2c1N. The summed E-state index contributed by atoms with van der Waals surface area (Å²) >= 11 is 1.41. The van der Waals surface area contributed by atoms with E-state index in [1.165, 1.54) is 11.3 Å². The molecule has 0 fully saturated rings. The van der Waals surface area contributed by atoms with Crippen LogP contribution >= 0.6 is 11.3 Å². The molecule has 4 N–H and O–H groups in total. The average Bonchev–Trinajstić information content (AvgIpc) is 2.76. The molecule has 0 spiro atoms. The van der Waals surface area contributed by atoms with E-state index >= 15 is 0 Å². The summed E-state index contributed by atoms with van der Waals surface area (Å²) in [5, 5.41) is 13.1. The predicted molar refractivity (Wildman–Crippen MR) is 88.8 cm³/mol. The Hall–Kier alpha value is -1.59. The second-order valence-corrected chi connectivity index (χ2v) is 6.74. The molecule has 0 saturated heterocycles. The highest BCUT2D eigenvalue weighted by molar-refractivity contribution is 7.21. The molecule has 0 aliphatic heterocycles. The van der Waals surface area contributed by atoms with Crippen molar-refractivity contribution < 1.29 is 9.90 Å². The lowest BCUT2D eigenvalue weighted by Gasteiger charge is -2.28. The number of benzene rings is 1. The minimum atomic E-state index is -0.412. The van der Waals surface area contributed by atoms with E-state index in [4.69, 9.17) is 10.8 Å². The third-order valence-corrected chi connectivity index (χ3v) is 5.13. The van der Waals surface area contributed by atoms with Gasteiger partial charge in [-0.15, -0.1) is 11.3 Å². The van der Waals surface area contributed by atoms with Crippen LogP contribution in [0.2, 0.25) is 0 Å². The number of fused-ring (bicyclic) bond motifs is 1. The van der Waals surface area contributed by atoms with Crippen LogP contribution in [-0.2, 0) is 0 Å². The molecule has 1 heterocycles. The first-order valence-corrected chi connectivity index (χ1v) is 7.94. The lowest BCUT2D eigenvalue weighted by Crippen LogP contribution is -2.46. The first-order valence-electron chi connectivity index (χ1n) is 7.12. The number of amides is 1. The fraction of sp³-hybridized carbons (Fsp3) is 0.438. The summed E-state index contributed by atoms with van der Waals surface area (Å²) < 4.78 is 1.02. The molecule has 0 aliphatic carbocycles. The molecular formula is C16H22N2O2S. The van der Waals surface area contributed by atoms with E-state index in [1.807, 2.05) is 39.0 Å². The van der Waals surface area contributed by atoms with Crippen LogP contribution < -0.4 is 11.1 Å². The number of nitrogens with two attached hydrogens (primary N) is 1. The summed E-state index contributed by atoms with van der Waals surface area (Å²) in [6.45, 7) is 5.99. The number of nitrogen functional groups attached to an aromatic ring is 1. The van der Waals surface area contributed by atoms with Crippen LogP contribution in [0, 0.1) is 6.92 Å². The maximum absolute atomic E-state index is 12.5. The zero-order valence-corrected chi connectivity index (χ0v) is 13.5. The molecule has 0 saturated carbocycles. The minimum Gasteiger partial charge on any atom is -0.397 e. The fourth-order valence-corrected chi connectivity index (χ4v) is 3.30. The largest absolute Gasteiger partial charge is 0.397 e. The molecule has 1 unspecified atom stereocenters. The highest BCUT2D eigenvalue weighted by Gasteiger charge is 2.26. The highest BCUT2D eigenvalue weighted by atomic mass is 32.1. The zero-order chi connectivity index (χ0) is 15.6. The van der Waals surface area contributed by atoms with E-state index in [-0.39, 0.29) is 12.5 Å². The Morgan fingerprint density at radius 2 is 2.19 bits per heavy atom. The lowest BCUT2D eigenvalue weighted by molar-refractivity contribution is 0.0891. The third kappa shape index (κ3) is 3.19. The van der Waals surface area contributed by atoms with Crippen molar-refractivity contribution in [1.82, 2.24) is 5.32 Å². The number of hydrogen-bond acceptors (Lipinski definition) is 4. The summed E-state index contributed by atoms with van der Waals surface area (Å²) in [7, 11) is 0. The van der Waals surface area contributed by atoms with Crippen LogP contribution in [0.15, 0.2) is 18.2 Å². The number of carbonyl (C=O) groups is 1. The van der Waals surface area contributed by atoms with E-state index < -0.39 is 5.54 Å². The molecule has 0 bridgehead atoms. The van der Waals surface area contributed by atoms with Crippen LogP contribution in [-0.4, -0.2) is 23.2 Å². The lowest BCUT2D eigenvalue weighted by atomic mass is 9.95. The van der Waals surface area contributed by atoms with Gasteiger partial charge in [-0.25, -0.2) is 0 Å². The number of hydrogen-bond donors (Lipinski definition) is 3. The van der Waals surface area contributed by atoms with Gasteiger partial charge in [-0.05, 0) is 38.8 Å². The van der Waals surface area contributed by atoms with Crippen molar-refractivity contribution in [3.05, 3.63) is 28.6 Å². The summed E-state index contributed by atoms with van der Waals surface area (Å²) in [5.41, 5.74) is 7.39. The van der Waals surface area contributed by atoms with Crippen LogP contribution in [0.3, 0.4) is 0 Å². The number of aryl methyl sites for hydroxylation is 1. The third-order valence-electron chi connectivity index (χ3n) is 3.95. The molecule has 0 aliphatic rings. The standard InChI is InChI=1S/C16H22N2O2S/c1-4-16(3,7-8-19)18-15(20)14-13(17)11-9-10(2)5-6-12(11)21-14/h5-6,9,19H,4,7-8,17H2,1-3H3,(H,18,20). The quantitative estimate of drug-likeness (QED) is 0.794. The van der Waals surface area contributed by atoms with Gasteiger partial charge < -0.3 is 16.2 Å².